The van der Waals surface area contributed by atoms with E-state index in [9.17, 15) is 24.6 Å². The third kappa shape index (κ3) is 6.90. The standard InChI is InChI=1S/C19H27NO7/c1-18(2,3)26-16(24)20(17(25)27-19(4,5)6)13(14(21)15(22)23)12-10-8-7-9-11-12/h7-11,13-14,21H,1-6H3,(H,22,23)/t13-,14?/m0/s1. The Hall–Kier alpha value is -2.61. The Morgan fingerprint density at radius 3 is 1.63 bits per heavy atom. The Bertz CT molecular complexity index is 646. The van der Waals surface area contributed by atoms with Gasteiger partial charge in [-0.2, -0.15) is 0 Å². The molecule has 8 heteroatoms. The van der Waals surface area contributed by atoms with E-state index >= 15 is 0 Å². The molecule has 0 spiro atoms. The largest absolute Gasteiger partial charge is 0.479 e. The zero-order chi connectivity index (χ0) is 21.0. The maximum atomic E-state index is 12.7. The number of carbonyl (C=O) groups excluding carboxylic acids is 2. The summed E-state index contributed by atoms with van der Waals surface area (Å²) in [4.78, 5) is 37.4. The van der Waals surface area contributed by atoms with E-state index in [0.29, 0.717) is 4.90 Å². The van der Waals surface area contributed by atoms with Crippen LogP contribution < -0.4 is 0 Å². The first-order chi connectivity index (χ1) is 12.2. The molecular formula is C19H27NO7. The van der Waals surface area contributed by atoms with Crippen molar-refractivity contribution < 1.29 is 34.1 Å². The van der Waals surface area contributed by atoms with Gasteiger partial charge in [-0.15, -0.1) is 0 Å². The van der Waals surface area contributed by atoms with Crippen LogP contribution in [0.2, 0.25) is 0 Å². The molecule has 0 aliphatic carbocycles. The molecule has 0 aromatic heterocycles. The molecule has 0 saturated heterocycles. The molecule has 0 bridgehead atoms. The highest BCUT2D eigenvalue weighted by atomic mass is 16.6. The highest BCUT2D eigenvalue weighted by molar-refractivity contribution is 5.90. The molecule has 150 valence electrons. The first-order valence-corrected chi connectivity index (χ1v) is 8.44. The van der Waals surface area contributed by atoms with Crippen LogP contribution in [0.25, 0.3) is 0 Å². The minimum Gasteiger partial charge on any atom is -0.479 e. The van der Waals surface area contributed by atoms with Crippen molar-refractivity contribution in [2.75, 3.05) is 0 Å². The fourth-order valence-corrected chi connectivity index (χ4v) is 2.18. The average molecular weight is 381 g/mol. The number of amides is 2. The van der Waals surface area contributed by atoms with Crippen LogP contribution in [-0.4, -0.2) is 50.6 Å². The number of carbonyl (C=O) groups is 3. The van der Waals surface area contributed by atoms with Crippen molar-refractivity contribution in [2.45, 2.75) is 64.9 Å². The van der Waals surface area contributed by atoms with E-state index in [1.165, 1.54) is 12.1 Å². The molecule has 2 atom stereocenters. The Kier molecular flexibility index (Phi) is 6.97. The quantitative estimate of drug-likeness (QED) is 0.822. The maximum absolute atomic E-state index is 12.7. The summed E-state index contributed by atoms with van der Waals surface area (Å²) in [6, 6.07) is 6.34. The van der Waals surface area contributed by atoms with Crippen molar-refractivity contribution in [3.63, 3.8) is 0 Å². The van der Waals surface area contributed by atoms with Crippen molar-refractivity contribution in [1.29, 1.82) is 0 Å². The highest BCUT2D eigenvalue weighted by Crippen LogP contribution is 2.29. The number of carboxylic acids is 1. The van der Waals surface area contributed by atoms with E-state index in [1.807, 2.05) is 0 Å². The van der Waals surface area contributed by atoms with Crippen LogP contribution in [-0.2, 0) is 14.3 Å². The topological polar surface area (TPSA) is 113 Å². The number of aliphatic hydroxyl groups is 1. The number of hydrogen-bond acceptors (Lipinski definition) is 6. The van der Waals surface area contributed by atoms with Crippen molar-refractivity contribution in [3.05, 3.63) is 35.9 Å². The number of rotatable bonds is 4. The van der Waals surface area contributed by atoms with Crippen LogP contribution in [0.4, 0.5) is 9.59 Å². The van der Waals surface area contributed by atoms with Crippen LogP contribution in [0.1, 0.15) is 53.1 Å². The fraction of sp³-hybridized carbons (Fsp3) is 0.526. The fourth-order valence-electron chi connectivity index (χ4n) is 2.18. The monoisotopic (exact) mass is 381 g/mol. The predicted molar refractivity (Wildman–Crippen MR) is 97.1 cm³/mol. The van der Waals surface area contributed by atoms with Crippen LogP contribution in [0.5, 0.6) is 0 Å². The van der Waals surface area contributed by atoms with Crippen molar-refractivity contribution in [3.8, 4) is 0 Å². The molecule has 0 aliphatic rings. The second-order valence-corrected chi connectivity index (χ2v) is 7.97. The third-order valence-corrected chi connectivity index (χ3v) is 3.15. The van der Waals surface area contributed by atoms with E-state index < -0.39 is 41.5 Å². The van der Waals surface area contributed by atoms with Crippen molar-refractivity contribution in [2.24, 2.45) is 0 Å². The van der Waals surface area contributed by atoms with Gasteiger partial charge >= 0.3 is 18.2 Å². The highest BCUT2D eigenvalue weighted by Gasteiger charge is 2.43. The van der Waals surface area contributed by atoms with E-state index in [1.54, 1.807) is 59.7 Å². The summed E-state index contributed by atoms with van der Waals surface area (Å²) in [5.74, 6) is -1.60. The molecule has 1 aromatic rings. The van der Waals surface area contributed by atoms with Crippen LogP contribution in [0, 0.1) is 0 Å². The van der Waals surface area contributed by atoms with E-state index in [-0.39, 0.29) is 5.56 Å². The number of benzene rings is 1. The first-order valence-electron chi connectivity index (χ1n) is 8.44. The van der Waals surface area contributed by atoms with Gasteiger partial charge < -0.3 is 19.7 Å². The van der Waals surface area contributed by atoms with Crippen LogP contribution in [0.3, 0.4) is 0 Å². The first kappa shape index (κ1) is 22.4. The molecule has 1 unspecified atom stereocenters. The van der Waals surface area contributed by atoms with Gasteiger partial charge in [0.1, 0.15) is 17.2 Å². The zero-order valence-corrected chi connectivity index (χ0v) is 16.4. The molecule has 0 heterocycles. The molecule has 1 rings (SSSR count). The van der Waals surface area contributed by atoms with Gasteiger partial charge in [-0.1, -0.05) is 30.3 Å². The van der Waals surface area contributed by atoms with Gasteiger partial charge in [-0.3, -0.25) is 0 Å². The Balaban J connectivity index is 3.47. The van der Waals surface area contributed by atoms with Gasteiger partial charge in [-0.25, -0.2) is 19.3 Å². The number of imide groups is 1. The molecule has 1 aromatic carbocycles. The molecule has 0 radical (unpaired) electrons. The SMILES string of the molecule is CC(C)(C)OC(=O)N(C(=O)OC(C)(C)C)[C@@H](c1ccccc1)C(O)C(=O)O. The van der Waals surface area contributed by atoms with E-state index in [2.05, 4.69) is 0 Å². The lowest BCUT2D eigenvalue weighted by atomic mass is 10.00. The number of nitrogens with zero attached hydrogens (tertiary/aromatic N) is 1. The lowest BCUT2D eigenvalue weighted by Crippen LogP contribution is -2.50. The number of aliphatic hydroxyl groups excluding tert-OH is 1. The number of aliphatic carboxylic acids is 1. The summed E-state index contributed by atoms with van der Waals surface area (Å²) >= 11 is 0. The number of carboxylic acid groups (broad SMARTS) is 1. The van der Waals surface area contributed by atoms with Crippen molar-refractivity contribution in [1.82, 2.24) is 4.90 Å². The molecular weight excluding hydrogens is 354 g/mol. The number of hydrogen-bond donors (Lipinski definition) is 2. The zero-order valence-electron chi connectivity index (χ0n) is 16.4. The maximum Gasteiger partial charge on any atom is 0.420 e. The van der Waals surface area contributed by atoms with Gasteiger partial charge in [0.05, 0.1) is 0 Å². The summed E-state index contributed by atoms with van der Waals surface area (Å²) in [6.07, 6.45) is -4.32. The molecule has 2 N–H and O–H groups in total. The van der Waals surface area contributed by atoms with Gasteiger partial charge in [0, 0.05) is 0 Å². The summed E-state index contributed by atoms with van der Waals surface area (Å²) < 4.78 is 10.5. The summed E-state index contributed by atoms with van der Waals surface area (Å²) in [6.45, 7) is 9.60. The summed E-state index contributed by atoms with van der Waals surface area (Å²) in [5.41, 5.74) is -1.66. The minimum absolute atomic E-state index is 0.240. The lowest BCUT2D eigenvalue weighted by Gasteiger charge is -2.34. The van der Waals surface area contributed by atoms with Gasteiger partial charge in [0.15, 0.2) is 6.10 Å². The third-order valence-electron chi connectivity index (χ3n) is 3.15. The second kappa shape index (κ2) is 8.39. The van der Waals surface area contributed by atoms with E-state index in [0.717, 1.165) is 0 Å². The van der Waals surface area contributed by atoms with E-state index in [4.69, 9.17) is 9.47 Å². The smallest absolute Gasteiger partial charge is 0.420 e. The average Bonchev–Trinajstić information content (AvgIpc) is 2.48. The molecule has 2 amide bonds. The summed E-state index contributed by atoms with van der Waals surface area (Å²) in [7, 11) is 0. The molecule has 0 aliphatic heterocycles. The minimum atomic E-state index is -2.08. The number of ether oxygens (including phenoxy) is 2. The predicted octanol–water partition coefficient (Wildman–Crippen LogP) is 3.35. The lowest BCUT2D eigenvalue weighted by molar-refractivity contribution is -0.150. The molecule has 0 fully saturated rings. The van der Waals surface area contributed by atoms with Gasteiger partial charge in [0.2, 0.25) is 0 Å². The second-order valence-electron chi connectivity index (χ2n) is 7.97. The normalized spacial score (nSPS) is 14.0. The van der Waals surface area contributed by atoms with Crippen molar-refractivity contribution >= 4 is 18.2 Å². The van der Waals surface area contributed by atoms with Crippen LogP contribution >= 0.6 is 0 Å². The van der Waals surface area contributed by atoms with Gasteiger partial charge in [0.25, 0.3) is 0 Å². The molecule has 0 saturated carbocycles. The molecule has 8 nitrogen and oxygen atoms in total. The summed E-state index contributed by atoms with van der Waals surface area (Å²) in [5, 5.41) is 19.6. The Morgan fingerprint density at radius 2 is 1.30 bits per heavy atom. The van der Waals surface area contributed by atoms with Crippen LogP contribution in [0.15, 0.2) is 30.3 Å². The Morgan fingerprint density at radius 1 is 0.889 bits per heavy atom. The van der Waals surface area contributed by atoms with Gasteiger partial charge in [-0.05, 0) is 47.1 Å². The molecule has 27 heavy (non-hydrogen) atoms. The Labute approximate surface area is 158 Å².